The quantitative estimate of drug-likeness (QED) is 0.575. The fourth-order valence-corrected chi connectivity index (χ4v) is 4.90. The number of piperazine rings is 1. The summed E-state index contributed by atoms with van der Waals surface area (Å²) in [5.41, 5.74) is 2.02. The van der Waals surface area contributed by atoms with Crippen LogP contribution in [0.3, 0.4) is 0 Å². The zero-order valence-electron chi connectivity index (χ0n) is 20.7. The van der Waals surface area contributed by atoms with Gasteiger partial charge in [-0.2, -0.15) is 0 Å². The van der Waals surface area contributed by atoms with Gasteiger partial charge in [0.05, 0.1) is 7.11 Å². The van der Waals surface area contributed by atoms with E-state index in [-0.39, 0.29) is 11.7 Å². The van der Waals surface area contributed by atoms with Crippen molar-refractivity contribution in [1.29, 1.82) is 0 Å². The van der Waals surface area contributed by atoms with Gasteiger partial charge < -0.3 is 9.64 Å². The van der Waals surface area contributed by atoms with Crippen molar-refractivity contribution in [2.75, 3.05) is 58.8 Å². The minimum Gasteiger partial charge on any atom is -0.497 e. The van der Waals surface area contributed by atoms with Crippen LogP contribution >= 0.6 is 0 Å². The Kier molecular flexibility index (Phi) is 6.44. The van der Waals surface area contributed by atoms with Crippen LogP contribution in [0.15, 0.2) is 53.5 Å². The maximum absolute atomic E-state index is 13.5. The Balaban J connectivity index is 1.36. The first kappa shape index (κ1) is 23.9. The molecule has 2 fully saturated rings. The van der Waals surface area contributed by atoms with Crippen LogP contribution in [0, 0.1) is 5.82 Å². The van der Waals surface area contributed by atoms with Crippen LogP contribution in [-0.4, -0.2) is 103 Å². The van der Waals surface area contributed by atoms with E-state index in [4.69, 9.17) is 9.73 Å². The molecule has 0 aliphatic carbocycles. The molecule has 1 atom stereocenters. The van der Waals surface area contributed by atoms with Crippen LogP contribution < -0.4 is 9.64 Å². The zero-order valence-corrected chi connectivity index (χ0v) is 20.7. The Hall–Kier alpha value is -3.79. The average molecular weight is 494 g/mol. The standard InChI is InChI=1S/C26H30FN6O3/c1-29-24-23(25(34)30(2)26(29)35)33(16-18-4-6-19(27)7-5-18)22(28-24)17-31-12-14-32(15-13-31)20-8-10-21(36-3)11-9-20/h4-11,23H,12-17H2,1-3H3/q+1. The van der Waals surface area contributed by atoms with Gasteiger partial charge in [0.15, 0.2) is 0 Å². The molecule has 0 spiro atoms. The molecule has 188 valence electrons. The van der Waals surface area contributed by atoms with E-state index in [1.54, 1.807) is 26.3 Å². The Labute approximate surface area is 209 Å². The van der Waals surface area contributed by atoms with E-state index < -0.39 is 12.1 Å². The fourth-order valence-electron chi connectivity index (χ4n) is 4.90. The number of imide groups is 1. The number of anilines is 1. The van der Waals surface area contributed by atoms with Gasteiger partial charge in [0.25, 0.3) is 17.8 Å². The summed E-state index contributed by atoms with van der Waals surface area (Å²) in [4.78, 5) is 37.7. The number of methoxy groups -OCH3 is 1. The maximum Gasteiger partial charge on any atom is 0.333 e. The zero-order chi connectivity index (χ0) is 25.4. The van der Waals surface area contributed by atoms with E-state index in [0.717, 1.165) is 53.9 Å². The molecule has 0 aromatic heterocycles. The Bertz CT molecular complexity index is 1220. The summed E-state index contributed by atoms with van der Waals surface area (Å²) in [6.07, 6.45) is 0. The molecule has 1 unspecified atom stereocenters. The third-order valence-electron chi connectivity index (χ3n) is 7.05. The lowest BCUT2D eigenvalue weighted by molar-refractivity contribution is -0.552. The Morgan fingerprint density at radius 3 is 2.28 bits per heavy atom. The lowest BCUT2D eigenvalue weighted by Crippen LogP contribution is -2.61. The topological polar surface area (TPSA) is 71.7 Å². The first-order valence-corrected chi connectivity index (χ1v) is 12.0. The number of rotatable bonds is 6. The van der Waals surface area contributed by atoms with Gasteiger partial charge in [-0.05, 0) is 47.0 Å². The number of ether oxygens (including phenoxy) is 1. The summed E-state index contributed by atoms with van der Waals surface area (Å²) in [6.45, 7) is 4.32. The molecule has 2 saturated heterocycles. The van der Waals surface area contributed by atoms with Crippen LogP contribution in [0.2, 0.25) is 0 Å². The molecule has 0 N–H and O–H groups in total. The van der Waals surface area contributed by atoms with Gasteiger partial charge >= 0.3 is 11.9 Å². The number of hydrogen-bond acceptors (Lipinski definition) is 6. The SMILES string of the molecule is COc1ccc(N2CCN(CC3=[N+](Cc4ccc(F)cc4)C4C(=O)N(C)C(=O)N(C)C4=N3)CC2)cc1. The van der Waals surface area contributed by atoms with Gasteiger partial charge in [-0.1, -0.05) is 12.1 Å². The highest BCUT2D eigenvalue weighted by molar-refractivity contribution is 6.23. The van der Waals surface area contributed by atoms with Crippen molar-refractivity contribution in [2.24, 2.45) is 4.99 Å². The summed E-state index contributed by atoms with van der Waals surface area (Å²) >= 11 is 0. The fraction of sp³-hybridized carbons (Fsp3) is 0.385. The molecule has 10 heteroatoms. The van der Waals surface area contributed by atoms with E-state index in [9.17, 15) is 14.0 Å². The van der Waals surface area contributed by atoms with Gasteiger partial charge in [-0.3, -0.25) is 19.5 Å². The summed E-state index contributed by atoms with van der Waals surface area (Å²) < 4.78 is 20.7. The second kappa shape index (κ2) is 9.69. The van der Waals surface area contributed by atoms with Crippen molar-refractivity contribution in [2.45, 2.75) is 12.6 Å². The Morgan fingerprint density at radius 1 is 0.972 bits per heavy atom. The number of carbonyl (C=O) groups is 2. The molecule has 3 aliphatic rings. The van der Waals surface area contributed by atoms with Crippen molar-refractivity contribution < 1.29 is 23.3 Å². The second-order valence-electron chi connectivity index (χ2n) is 9.24. The average Bonchev–Trinajstić information content (AvgIpc) is 3.25. The van der Waals surface area contributed by atoms with E-state index in [2.05, 4.69) is 21.9 Å². The number of hydrogen-bond donors (Lipinski definition) is 0. The first-order valence-electron chi connectivity index (χ1n) is 12.0. The van der Waals surface area contributed by atoms with Crippen LogP contribution in [0.25, 0.3) is 0 Å². The number of likely N-dealkylation sites (N-methyl/N-ethyl adjacent to an activating group) is 2. The largest absolute Gasteiger partial charge is 0.497 e. The van der Waals surface area contributed by atoms with Crippen molar-refractivity contribution in [1.82, 2.24) is 14.7 Å². The normalized spacial score (nSPS) is 20.7. The van der Waals surface area contributed by atoms with Crippen LogP contribution in [0.1, 0.15) is 5.56 Å². The van der Waals surface area contributed by atoms with Crippen molar-refractivity contribution in [3.05, 3.63) is 59.9 Å². The molecule has 3 aliphatic heterocycles. The molecule has 3 heterocycles. The lowest BCUT2D eigenvalue weighted by Gasteiger charge is -2.35. The predicted molar refractivity (Wildman–Crippen MR) is 134 cm³/mol. The van der Waals surface area contributed by atoms with Crippen molar-refractivity contribution in [3.63, 3.8) is 0 Å². The molecule has 36 heavy (non-hydrogen) atoms. The number of nitrogens with zero attached hydrogens (tertiary/aromatic N) is 6. The number of aliphatic imine (C=N–C) groups is 1. The smallest absolute Gasteiger partial charge is 0.333 e. The summed E-state index contributed by atoms with van der Waals surface area (Å²) in [5.74, 6) is 1.39. The first-order chi connectivity index (χ1) is 17.4. The Morgan fingerprint density at radius 2 is 1.64 bits per heavy atom. The highest BCUT2D eigenvalue weighted by Crippen LogP contribution is 2.23. The number of amides is 3. The van der Waals surface area contributed by atoms with Gasteiger partial charge in [0.2, 0.25) is 0 Å². The molecule has 9 nitrogen and oxygen atoms in total. The molecule has 0 bridgehead atoms. The van der Waals surface area contributed by atoms with Crippen LogP contribution in [0.5, 0.6) is 5.75 Å². The summed E-state index contributed by atoms with van der Waals surface area (Å²) in [6, 6.07) is 13.2. The van der Waals surface area contributed by atoms with E-state index in [1.807, 2.05) is 16.7 Å². The third-order valence-corrected chi connectivity index (χ3v) is 7.05. The van der Waals surface area contributed by atoms with E-state index in [0.29, 0.717) is 18.9 Å². The molecule has 5 rings (SSSR count). The predicted octanol–water partition coefficient (Wildman–Crippen LogP) is 1.87. The third kappa shape index (κ3) is 4.44. The molecule has 3 amide bonds. The second-order valence-corrected chi connectivity index (χ2v) is 9.24. The van der Waals surface area contributed by atoms with Gasteiger partial charge in [-0.25, -0.2) is 13.8 Å². The van der Waals surface area contributed by atoms with Gasteiger partial charge in [0, 0.05) is 46.0 Å². The van der Waals surface area contributed by atoms with Crippen LogP contribution in [-0.2, 0) is 11.3 Å². The minimum atomic E-state index is -0.682. The minimum absolute atomic E-state index is 0.307. The van der Waals surface area contributed by atoms with E-state index in [1.165, 1.54) is 24.1 Å². The molecule has 0 radical (unpaired) electrons. The number of halogens is 1. The van der Waals surface area contributed by atoms with E-state index >= 15 is 0 Å². The number of fused-ring (bicyclic) bond motifs is 1. The number of amidine groups is 2. The monoisotopic (exact) mass is 493 g/mol. The number of urea groups is 1. The molecule has 0 saturated carbocycles. The van der Waals surface area contributed by atoms with Gasteiger partial charge in [-0.15, -0.1) is 0 Å². The summed E-state index contributed by atoms with van der Waals surface area (Å²) in [7, 11) is 4.79. The van der Waals surface area contributed by atoms with Gasteiger partial charge in [0.1, 0.15) is 24.7 Å². The highest BCUT2D eigenvalue weighted by Gasteiger charge is 2.53. The van der Waals surface area contributed by atoms with Crippen molar-refractivity contribution >= 4 is 29.3 Å². The van der Waals surface area contributed by atoms with Crippen LogP contribution in [0.4, 0.5) is 14.9 Å². The number of carbonyl (C=O) groups excluding carboxylic acids is 2. The number of benzene rings is 2. The molecular formula is C26H30FN6O3+. The maximum atomic E-state index is 13.5. The van der Waals surface area contributed by atoms with Crippen molar-refractivity contribution in [3.8, 4) is 5.75 Å². The molecule has 2 aromatic carbocycles. The summed E-state index contributed by atoms with van der Waals surface area (Å²) in [5, 5.41) is 0. The highest BCUT2D eigenvalue weighted by atomic mass is 19.1. The molecular weight excluding hydrogens is 463 g/mol. The molecule has 2 aromatic rings. The lowest BCUT2D eigenvalue weighted by atomic mass is 10.1.